The van der Waals surface area contributed by atoms with E-state index >= 15 is 0 Å². The Hall–Kier alpha value is -1.07. The number of nitrogens with one attached hydrogen (secondary N) is 2. The molecule has 2 N–H and O–H groups in total. The van der Waals surface area contributed by atoms with Gasteiger partial charge >= 0.3 is 6.18 Å². The summed E-state index contributed by atoms with van der Waals surface area (Å²) in [5.41, 5.74) is 0.316. The summed E-state index contributed by atoms with van der Waals surface area (Å²) in [6.07, 6.45) is -4.27. The molecule has 114 valence electrons. The van der Waals surface area contributed by atoms with Crippen LogP contribution in [0.25, 0.3) is 0 Å². The quantitative estimate of drug-likeness (QED) is 0.806. The molecule has 0 heterocycles. The Morgan fingerprint density at radius 2 is 1.55 bits per heavy atom. The van der Waals surface area contributed by atoms with Gasteiger partial charge in [-0.2, -0.15) is 13.2 Å². The van der Waals surface area contributed by atoms with E-state index < -0.39 is 11.7 Å². The number of hydrogen-bond acceptors (Lipinski definition) is 2. The Balaban J connectivity index is 2.46. The first kappa shape index (κ1) is 17.0. The fraction of sp³-hybridized carbons (Fsp3) is 0.600. The molecular weight excluding hydrogens is 265 g/mol. The van der Waals surface area contributed by atoms with Crippen molar-refractivity contribution in [1.82, 2.24) is 10.6 Å². The molecule has 5 heteroatoms. The predicted molar refractivity (Wildman–Crippen MR) is 75.6 cm³/mol. The van der Waals surface area contributed by atoms with Gasteiger partial charge in [0.05, 0.1) is 5.56 Å². The van der Waals surface area contributed by atoms with Crippen LogP contribution in [0.4, 0.5) is 13.2 Å². The molecule has 0 aliphatic rings. The molecule has 1 aromatic rings. The maximum atomic E-state index is 12.5. The highest BCUT2D eigenvalue weighted by atomic mass is 19.4. The third-order valence-corrected chi connectivity index (χ3v) is 2.97. The van der Waals surface area contributed by atoms with Gasteiger partial charge in [-0.1, -0.05) is 12.1 Å². The molecule has 1 unspecified atom stereocenters. The maximum Gasteiger partial charge on any atom is 0.416 e. The standard InChI is InChI=1S/C15H23F3N2/c1-11(19-9-10-20-14(2,3)4)12-5-7-13(8-6-12)15(16,17)18/h5-8,11,19-20H,9-10H2,1-4H3. The second kappa shape index (κ2) is 6.59. The number of rotatable bonds is 5. The normalized spacial score (nSPS) is 14.3. The lowest BCUT2D eigenvalue weighted by Gasteiger charge is -2.22. The van der Waals surface area contributed by atoms with Crippen LogP contribution in [0.3, 0.4) is 0 Å². The van der Waals surface area contributed by atoms with E-state index in [2.05, 4.69) is 31.4 Å². The second-order valence-corrected chi connectivity index (χ2v) is 5.97. The Morgan fingerprint density at radius 3 is 2.00 bits per heavy atom. The van der Waals surface area contributed by atoms with Crippen LogP contribution in [0, 0.1) is 0 Å². The SMILES string of the molecule is CC(NCCNC(C)(C)C)c1ccc(C(F)(F)F)cc1. The molecule has 0 saturated carbocycles. The van der Waals surface area contributed by atoms with E-state index in [4.69, 9.17) is 0 Å². The molecular formula is C15H23F3N2. The highest BCUT2D eigenvalue weighted by molar-refractivity contribution is 5.26. The van der Waals surface area contributed by atoms with Crippen molar-refractivity contribution in [2.75, 3.05) is 13.1 Å². The Labute approximate surface area is 118 Å². The molecule has 0 amide bonds. The van der Waals surface area contributed by atoms with Crippen LogP contribution in [0.1, 0.15) is 44.9 Å². The molecule has 1 rings (SSSR count). The van der Waals surface area contributed by atoms with E-state index in [1.165, 1.54) is 12.1 Å². The van der Waals surface area contributed by atoms with Crippen LogP contribution in [-0.4, -0.2) is 18.6 Å². The number of benzene rings is 1. The summed E-state index contributed by atoms with van der Waals surface area (Å²) in [6.45, 7) is 9.79. The molecule has 0 saturated heterocycles. The van der Waals surface area contributed by atoms with E-state index in [9.17, 15) is 13.2 Å². The molecule has 0 spiro atoms. The van der Waals surface area contributed by atoms with Crippen LogP contribution in [-0.2, 0) is 6.18 Å². The van der Waals surface area contributed by atoms with Crippen molar-refractivity contribution in [3.63, 3.8) is 0 Å². The van der Waals surface area contributed by atoms with Crippen molar-refractivity contribution in [2.45, 2.75) is 45.5 Å². The van der Waals surface area contributed by atoms with Crippen molar-refractivity contribution in [1.29, 1.82) is 0 Å². The minimum Gasteiger partial charge on any atom is -0.311 e. The first-order chi connectivity index (χ1) is 9.09. The van der Waals surface area contributed by atoms with E-state index in [1.54, 1.807) is 0 Å². The topological polar surface area (TPSA) is 24.1 Å². The summed E-state index contributed by atoms with van der Waals surface area (Å²) in [6, 6.07) is 5.33. The van der Waals surface area contributed by atoms with Gasteiger partial charge in [-0.15, -0.1) is 0 Å². The van der Waals surface area contributed by atoms with Gasteiger partial charge in [0.2, 0.25) is 0 Å². The zero-order valence-corrected chi connectivity index (χ0v) is 12.4. The van der Waals surface area contributed by atoms with Gasteiger partial charge in [-0.05, 0) is 45.4 Å². The minimum absolute atomic E-state index is 0.0269. The van der Waals surface area contributed by atoms with Gasteiger partial charge in [-0.25, -0.2) is 0 Å². The van der Waals surface area contributed by atoms with E-state index in [0.29, 0.717) is 0 Å². The van der Waals surface area contributed by atoms with Crippen molar-refractivity contribution in [3.8, 4) is 0 Å². The zero-order chi connectivity index (χ0) is 15.4. The molecule has 0 aliphatic carbocycles. The highest BCUT2D eigenvalue weighted by Gasteiger charge is 2.30. The van der Waals surface area contributed by atoms with E-state index in [0.717, 1.165) is 30.8 Å². The molecule has 0 radical (unpaired) electrons. The molecule has 0 aliphatic heterocycles. The fourth-order valence-corrected chi connectivity index (χ4v) is 1.80. The van der Waals surface area contributed by atoms with Crippen LogP contribution in [0.5, 0.6) is 0 Å². The van der Waals surface area contributed by atoms with Gasteiger partial charge in [0.15, 0.2) is 0 Å². The van der Waals surface area contributed by atoms with Crippen molar-refractivity contribution in [2.24, 2.45) is 0 Å². The first-order valence-electron chi connectivity index (χ1n) is 6.75. The van der Waals surface area contributed by atoms with Crippen LogP contribution >= 0.6 is 0 Å². The van der Waals surface area contributed by atoms with Crippen molar-refractivity contribution >= 4 is 0 Å². The zero-order valence-electron chi connectivity index (χ0n) is 12.4. The van der Waals surface area contributed by atoms with Gasteiger partial charge in [-0.3, -0.25) is 0 Å². The molecule has 1 atom stereocenters. The maximum absolute atomic E-state index is 12.5. The molecule has 2 nitrogen and oxygen atoms in total. The predicted octanol–water partition coefficient (Wildman–Crippen LogP) is 3.74. The van der Waals surface area contributed by atoms with Gasteiger partial charge in [0.1, 0.15) is 0 Å². The lowest BCUT2D eigenvalue weighted by atomic mass is 10.1. The van der Waals surface area contributed by atoms with Crippen molar-refractivity contribution < 1.29 is 13.2 Å². The Morgan fingerprint density at radius 1 is 1.00 bits per heavy atom. The summed E-state index contributed by atoms with van der Waals surface area (Å²) in [5.74, 6) is 0. The highest BCUT2D eigenvalue weighted by Crippen LogP contribution is 2.29. The lowest BCUT2D eigenvalue weighted by molar-refractivity contribution is -0.137. The summed E-state index contributed by atoms with van der Waals surface area (Å²) < 4.78 is 37.4. The first-order valence-corrected chi connectivity index (χ1v) is 6.75. The van der Waals surface area contributed by atoms with E-state index in [-0.39, 0.29) is 11.6 Å². The van der Waals surface area contributed by atoms with Crippen LogP contribution < -0.4 is 10.6 Å². The lowest BCUT2D eigenvalue weighted by Crippen LogP contribution is -2.40. The van der Waals surface area contributed by atoms with Crippen molar-refractivity contribution in [3.05, 3.63) is 35.4 Å². The fourth-order valence-electron chi connectivity index (χ4n) is 1.80. The van der Waals surface area contributed by atoms with Gasteiger partial charge in [0, 0.05) is 24.7 Å². The monoisotopic (exact) mass is 288 g/mol. The minimum atomic E-state index is -4.27. The molecule has 1 aromatic carbocycles. The Bertz CT molecular complexity index is 405. The second-order valence-electron chi connectivity index (χ2n) is 5.97. The summed E-state index contributed by atoms with van der Waals surface area (Å²) in [4.78, 5) is 0. The van der Waals surface area contributed by atoms with Gasteiger partial charge in [0.25, 0.3) is 0 Å². The summed E-state index contributed by atoms with van der Waals surface area (Å²) >= 11 is 0. The smallest absolute Gasteiger partial charge is 0.311 e. The number of halogens is 3. The average Bonchev–Trinajstić information content (AvgIpc) is 2.32. The Kier molecular flexibility index (Phi) is 5.59. The largest absolute Gasteiger partial charge is 0.416 e. The number of alkyl halides is 3. The van der Waals surface area contributed by atoms with E-state index in [1.807, 2.05) is 6.92 Å². The molecule has 0 fully saturated rings. The third-order valence-electron chi connectivity index (χ3n) is 2.97. The van der Waals surface area contributed by atoms with Gasteiger partial charge < -0.3 is 10.6 Å². The average molecular weight is 288 g/mol. The summed E-state index contributed by atoms with van der Waals surface area (Å²) in [7, 11) is 0. The van der Waals surface area contributed by atoms with Crippen LogP contribution in [0.15, 0.2) is 24.3 Å². The molecule has 0 aromatic heterocycles. The molecule has 0 bridgehead atoms. The summed E-state index contributed by atoms with van der Waals surface area (Å²) in [5, 5.41) is 6.63. The van der Waals surface area contributed by atoms with Crippen LogP contribution in [0.2, 0.25) is 0 Å². The number of hydrogen-bond donors (Lipinski definition) is 2. The third kappa shape index (κ3) is 5.92. The molecule has 20 heavy (non-hydrogen) atoms.